The summed E-state index contributed by atoms with van der Waals surface area (Å²) in [4.78, 5) is 0. The number of unbranched alkanes of at least 4 members (excludes halogenated alkanes) is 1. The number of hydrogen-bond donors (Lipinski definition) is 1. The topological polar surface area (TPSA) is 59.0 Å². The molecule has 0 bridgehead atoms. The Balaban J connectivity index is 2.48. The number of nitriles is 1. The van der Waals surface area contributed by atoms with Gasteiger partial charge in [-0.05, 0) is 63.8 Å². The summed E-state index contributed by atoms with van der Waals surface area (Å²) in [7, 11) is 0. The van der Waals surface area contributed by atoms with Gasteiger partial charge in [0.15, 0.2) is 17.4 Å². The van der Waals surface area contributed by atoms with Gasteiger partial charge < -0.3 is 10.5 Å². The monoisotopic (exact) mass is 296 g/mol. The van der Waals surface area contributed by atoms with Crippen molar-refractivity contribution in [3.05, 3.63) is 29.3 Å². The van der Waals surface area contributed by atoms with Gasteiger partial charge in [-0.3, -0.25) is 0 Å². The van der Waals surface area contributed by atoms with Crippen molar-refractivity contribution in [1.29, 1.82) is 5.26 Å². The third-order valence-corrected chi connectivity index (χ3v) is 3.24. The maximum absolute atomic E-state index is 13.7. The number of halogens is 2. The van der Waals surface area contributed by atoms with Gasteiger partial charge in [0.2, 0.25) is 0 Å². The third kappa shape index (κ3) is 5.68. The van der Waals surface area contributed by atoms with Gasteiger partial charge in [0.05, 0.1) is 18.1 Å². The average molecular weight is 296 g/mol. The number of nitrogens with zero attached hydrogens (tertiary/aromatic N) is 1. The molecule has 0 aliphatic heterocycles. The van der Waals surface area contributed by atoms with Crippen LogP contribution in [0.3, 0.4) is 0 Å². The van der Waals surface area contributed by atoms with Crippen LogP contribution in [0.15, 0.2) is 12.1 Å². The third-order valence-electron chi connectivity index (χ3n) is 3.24. The highest BCUT2D eigenvalue weighted by molar-refractivity contribution is 5.31. The maximum Gasteiger partial charge on any atom is 0.190 e. The summed E-state index contributed by atoms with van der Waals surface area (Å²) in [6.07, 6.45) is 2.58. The van der Waals surface area contributed by atoms with Gasteiger partial charge in [-0.2, -0.15) is 5.26 Å². The molecule has 2 N–H and O–H groups in total. The van der Waals surface area contributed by atoms with Crippen LogP contribution in [0.4, 0.5) is 8.78 Å². The van der Waals surface area contributed by atoms with Crippen LogP contribution in [0.1, 0.15) is 38.7 Å². The van der Waals surface area contributed by atoms with Gasteiger partial charge in [-0.15, -0.1) is 0 Å². The Kier molecular flexibility index (Phi) is 6.57. The van der Waals surface area contributed by atoms with Crippen LogP contribution in [0, 0.1) is 28.4 Å². The number of ether oxygens (including phenoxy) is 1. The minimum atomic E-state index is -0.698. The van der Waals surface area contributed by atoms with Crippen LogP contribution < -0.4 is 10.5 Å². The van der Waals surface area contributed by atoms with E-state index in [1.54, 1.807) is 0 Å². The zero-order chi connectivity index (χ0) is 15.9. The number of hydrogen-bond acceptors (Lipinski definition) is 3. The van der Waals surface area contributed by atoms with Crippen LogP contribution in [0.25, 0.3) is 0 Å². The van der Waals surface area contributed by atoms with E-state index in [-0.39, 0.29) is 17.8 Å². The summed E-state index contributed by atoms with van der Waals surface area (Å²) in [5.41, 5.74) is 5.51. The molecule has 0 atom stereocenters. The minimum absolute atomic E-state index is 0.228. The molecule has 0 aliphatic rings. The number of benzene rings is 1. The SMILES string of the molecule is CC(C)(C#N)CCCCOc1c(F)cc(CCN)cc1F. The second kappa shape index (κ2) is 7.94. The molecule has 0 saturated heterocycles. The van der Waals surface area contributed by atoms with Crippen LogP contribution in [-0.2, 0) is 6.42 Å². The Morgan fingerprint density at radius 1 is 1.24 bits per heavy atom. The molecule has 1 aromatic carbocycles. The highest BCUT2D eigenvalue weighted by Crippen LogP contribution is 2.25. The molecule has 0 spiro atoms. The van der Waals surface area contributed by atoms with Crippen LogP contribution in [-0.4, -0.2) is 13.2 Å². The van der Waals surface area contributed by atoms with Gasteiger partial charge >= 0.3 is 0 Å². The van der Waals surface area contributed by atoms with E-state index in [0.717, 1.165) is 12.8 Å². The van der Waals surface area contributed by atoms with E-state index < -0.39 is 11.6 Å². The normalized spacial score (nSPS) is 11.2. The van der Waals surface area contributed by atoms with Crippen molar-refractivity contribution >= 4 is 0 Å². The number of rotatable bonds is 8. The zero-order valence-electron chi connectivity index (χ0n) is 12.6. The van der Waals surface area contributed by atoms with Crippen LogP contribution in [0.5, 0.6) is 5.75 Å². The highest BCUT2D eigenvalue weighted by Gasteiger charge is 2.16. The lowest BCUT2D eigenvalue weighted by molar-refractivity contribution is 0.268. The van der Waals surface area contributed by atoms with E-state index in [4.69, 9.17) is 15.7 Å². The molecule has 0 aromatic heterocycles. The second-order valence-electron chi connectivity index (χ2n) is 5.73. The molecule has 0 fully saturated rings. The Morgan fingerprint density at radius 2 is 1.86 bits per heavy atom. The summed E-state index contributed by atoms with van der Waals surface area (Å²) >= 11 is 0. The average Bonchev–Trinajstić information content (AvgIpc) is 2.41. The van der Waals surface area contributed by atoms with Crippen LogP contribution in [0.2, 0.25) is 0 Å². The van der Waals surface area contributed by atoms with E-state index in [1.165, 1.54) is 12.1 Å². The van der Waals surface area contributed by atoms with Crippen molar-refractivity contribution in [2.45, 2.75) is 39.5 Å². The standard InChI is InChI=1S/C16H22F2N2O/c1-16(2,11-20)6-3-4-8-21-15-13(17)9-12(5-7-19)10-14(15)18/h9-10H,3-8,19H2,1-2H3. The lowest BCUT2D eigenvalue weighted by Gasteiger charge is -2.15. The predicted molar refractivity (Wildman–Crippen MR) is 77.9 cm³/mol. The smallest absolute Gasteiger partial charge is 0.190 e. The molecule has 5 heteroatoms. The second-order valence-corrected chi connectivity index (χ2v) is 5.73. The fourth-order valence-corrected chi connectivity index (χ4v) is 1.96. The molecule has 0 saturated carbocycles. The molecule has 0 aliphatic carbocycles. The first-order valence-corrected chi connectivity index (χ1v) is 7.11. The summed E-state index contributed by atoms with van der Waals surface area (Å²) in [6.45, 7) is 4.30. The van der Waals surface area contributed by atoms with E-state index >= 15 is 0 Å². The van der Waals surface area contributed by atoms with Crippen LogP contribution >= 0.6 is 0 Å². The summed E-state index contributed by atoms with van der Waals surface area (Å²) in [5.74, 6) is -1.73. The van der Waals surface area contributed by atoms with Crippen molar-refractivity contribution < 1.29 is 13.5 Å². The number of nitrogens with two attached hydrogens (primary N) is 1. The zero-order valence-corrected chi connectivity index (χ0v) is 12.6. The lowest BCUT2D eigenvalue weighted by Crippen LogP contribution is -2.09. The molecule has 1 rings (SSSR count). The molecule has 0 unspecified atom stereocenters. The molecule has 0 radical (unpaired) electrons. The maximum atomic E-state index is 13.7. The Morgan fingerprint density at radius 3 is 2.38 bits per heavy atom. The molecule has 116 valence electrons. The fourth-order valence-electron chi connectivity index (χ4n) is 1.96. The van der Waals surface area contributed by atoms with Gasteiger partial charge in [-0.25, -0.2) is 8.78 Å². The summed E-state index contributed by atoms with van der Waals surface area (Å²) < 4.78 is 32.7. The summed E-state index contributed by atoms with van der Waals surface area (Å²) in [6, 6.07) is 4.72. The fraction of sp³-hybridized carbons (Fsp3) is 0.562. The molecular formula is C16H22F2N2O. The van der Waals surface area contributed by atoms with Gasteiger partial charge in [0, 0.05) is 0 Å². The molecule has 1 aromatic rings. The van der Waals surface area contributed by atoms with Crippen molar-refractivity contribution in [3.8, 4) is 11.8 Å². The predicted octanol–water partition coefficient (Wildman–Crippen LogP) is 3.56. The quantitative estimate of drug-likeness (QED) is 0.746. The summed E-state index contributed by atoms with van der Waals surface area (Å²) in [5, 5.41) is 8.88. The largest absolute Gasteiger partial charge is 0.488 e. The molecule has 21 heavy (non-hydrogen) atoms. The first-order valence-electron chi connectivity index (χ1n) is 7.11. The Hall–Kier alpha value is -1.67. The molecule has 0 amide bonds. The van der Waals surface area contributed by atoms with E-state index in [2.05, 4.69) is 6.07 Å². The van der Waals surface area contributed by atoms with Gasteiger partial charge in [0.1, 0.15) is 0 Å². The van der Waals surface area contributed by atoms with Crippen molar-refractivity contribution in [2.24, 2.45) is 11.1 Å². The van der Waals surface area contributed by atoms with E-state index in [9.17, 15) is 8.78 Å². The molecule has 0 heterocycles. The van der Waals surface area contributed by atoms with Gasteiger partial charge in [-0.1, -0.05) is 0 Å². The van der Waals surface area contributed by atoms with Gasteiger partial charge in [0.25, 0.3) is 0 Å². The van der Waals surface area contributed by atoms with E-state index in [0.29, 0.717) is 24.9 Å². The molecular weight excluding hydrogens is 274 g/mol. The Labute approximate surface area is 124 Å². The first kappa shape index (κ1) is 17.4. The first-order chi connectivity index (χ1) is 9.89. The van der Waals surface area contributed by atoms with Crippen molar-refractivity contribution in [2.75, 3.05) is 13.2 Å². The lowest BCUT2D eigenvalue weighted by atomic mass is 9.89. The highest BCUT2D eigenvalue weighted by atomic mass is 19.1. The van der Waals surface area contributed by atoms with Crippen molar-refractivity contribution in [3.63, 3.8) is 0 Å². The Bertz CT molecular complexity index is 486. The van der Waals surface area contributed by atoms with Crippen molar-refractivity contribution in [1.82, 2.24) is 0 Å². The molecule has 3 nitrogen and oxygen atoms in total. The minimum Gasteiger partial charge on any atom is -0.488 e. The van der Waals surface area contributed by atoms with E-state index in [1.807, 2.05) is 13.8 Å².